The molecule has 1 fully saturated rings. The van der Waals surface area contributed by atoms with Gasteiger partial charge in [-0.15, -0.1) is 10.2 Å². The predicted octanol–water partition coefficient (Wildman–Crippen LogP) is 3.04. The molecule has 0 atom stereocenters. The highest BCUT2D eigenvalue weighted by Crippen LogP contribution is 2.27. The van der Waals surface area contributed by atoms with Gasteiger partial charge in [-0.05, 0) is 30.9 Å². The van der Waals surface area contributed by atoms with Gasteiger partial charge in [0.05, 0.1) is 6.54 Å². The molecule has 1 aliphatic heterocycles. The van der Waals surface area contributed by atoms with Gasteiger partial charge in [-0.1, -0.05) is 25.7 Å². The molecule has 0 saturated heterocycles. The predicted molar refractivity (Wildman–Crippen MR) is 94.5 cm³/mol. The molecule has 0 radical (unpaired) electrons. The van der Waals surface area contributed by atoms with Crippen LogP contribution in [0, 0.1) is 5.92 Å². The van der Waals surface area contributed by atoms with Crippen molar-refractivity contribution in [1.82, 2.24) is 24.6 Å². The molecule has 1 saturated carbocycles. The lowest BCUT2D eigenvalue weighted by Crippen LogP contribution is -2.39. The summed E-state index contributed by atoms with van der Waals surface area (Å²) in [5.74, 6) is 2.57. The minimum absolute atomic E-state index is 0.282. The SMILES string of the molecule is O=C(CC1CCCCCC1)N1CCn2c(nnc2-c2cccnc2)C1. The molecule has 25 heavy (non-hydrogen) atoms. The largest absolute Gasteiger partial charge is 0.333 e. The van der Waals surface area contributed by atoms with Crippen molar-refractivity contribution >= 4 is 5.91 Å². The number of hydrogen-bond donors (Lipinski definition) is 0. The minimum atomic E-state index is 0.282. The number of carbonyl (C=O) groups is 1. The molecule has 1 amide bonds. The van der Waals surface area contributed by atoms with Crippen LogP contribution in [0.3, 0.4) is 0 Å². The molecule has 4 rings (SSSR count). The first-order valence-electron chi connectivity index (χ1n) is 9.41. The van der Waals surface area contributed by atoms with Crippen molar-refractivity contribution in [3.05, 3.63) is 30.4 Å². The van der Waals surface area contributed by atoms with Crippen molar-refractivity contribution in [2.24, 2.45) is 5.92 Å². The van der Waals surface area contributed by atoms with Crippen molar-refractivity contribution < 1.29 is 4.79 Å². The Labute approximate surface area is 148 Å². The van der Waals surface area contributed by atoms with Gasteiger partial charge in [-0.3, -0.25) is 9.78 Å². The second-order valence-electron chi connectivity index (χ2n) is 7.21. The molecule has 2 aromatic rings. The third-order valence-electron chi connectivity index (χ3n) is 5.46. The maximum Gasteiger partial charge on any atom is 0.223 e. The highest BCUT2D eigenvalue weighted by Gasteiger charge is 2.26. The van der Waals surface area contributed by atoms with Gasteiger partial charge in [0.1, 0.15) is 0 Å². The van der Waals surface area contributed by atoms with Crippen LogP contribution in [0.1, 0.15) is 50.8 Å². The number of fused-ring (bicyclic) bond motifs is 1. The van der Waals surface area contributed by atoms with Crippen molar-refractivity contribution in [2.45, 2.75) is 58.0 Å². The Morgan fingerprint density at radius 3 is 2.72 bits per heavy atom. The summed E-state index contributed by atoms with van der Waals surface area (Å²) in [6.07, 6.45) is 11.9. The Kier molecular flexibility index (Phi) is 4.76. The van der Waals surface area contributed by atoms with Gasteiger partial charge in [0.2, 0.25) is 5.91 Å². The maximum absolute atomic E-state index is 12.7. The normalized spacial score (nSPS) is 18.6. The Hall–Kier alpha value is -2.24. The lowest BCUT2D eigenvalue weighted by molar-refractivity contribution is -0.133. The smallest absolute Gasteiger partial charge is 0.223 e. The molecule has 0 spiro atoms. The molecular weight excluding hydrogens is 314 g/mol. The molecule has 0 bridgehead atoms. The standard InChI is InChI=1S/C19H25N5O/c25-18(12-15-6-3-1-2-4-7-15)23-10-11-24-17(14-23)21-22-19(24)16-8-5-9-20-13-16/h5,8-9,13,15H,1-4,6-7,10-12,14H2. The second kappa shape index (κ2) is 7.33. The minimum Gasteiger partial charge on any atom is -0.333 e. The first-order chi connectivity index (χ1) is 12.3. The zero-order valence-corrected chi connectivity index (χ0v) is 14.6. The number of pyridine rings is 1. The number of rotatable bonds is 3. The van der Waals surface area contributed by atoms with Gasteiger partial charge in [0.25, 0.3) is 0 Å². The van der Waals surface area contributed by atoms with Gasteiger partial charge >= 0.3 is 0 Å². The van der Waals surface area contributed by atoms with E-state index in [0.29, 0.717) is 18.9 Å². The Morgan fingerprint density at radius 2 is 1.96 bits per heavy atom. The number of nitrogens with zero attached hydrogens (tertiary/aromatic N) is 5. The highest BCUT2D eigenvalue weighted by molar-refractivity contribution is 5.76. The fourth-order valence-corrected chi connectivity index (χ4v) is 4.02. The molecule has 1 aliphatic carbocycles. The summed E-state index contributed by atoms with van der Waals surface area (Å²) in [4.78, 5) is 18.8. The first kappa shape index (κ1) is 16.2. The summed E-state index contributed by atoms with van der Waals surface area (Å²) in [5.41, 5.74) is 0.972. The highest BCUT2D eigenvalue weighted by atomic mass is 16.2. The van der Waals surface area contributed by atoms with E-state index < -0.39 is 0 Å². The lowest BCUT2D eigenvalue weighted by Gasteiger charge is -2.29. The van der Waals surface area contributed by atoms with Crippen LogP contribution in [0.25, 0.3) is 11.4 Å². The van der Waals surface area contributed by atoms with Crippen molar-refractivity contribution in [3.8, 4) is 11.4 Å². The molecule has 6 nitrogen and oxygen atoms in total. The monoisotopic (exact) mass is 339 g/mol. The number of amides is 1. The third-order valence-corrected chi connectivity index (χ3v) is 5.46. The van der Waals surface area contributed by atoms with Crippen LogP contribution in [0.5, 0.6) is 0 Å². The summed E-state index contributed by atoms with van der Waals surface area (Å²) in [6.45, 7) is 2.06. The zero-order valence-electron chi connectivity index (χ0n) is 14.6. The van der Waals surface area contributed by atoms with Crippen molar-refractivity contribution in [2.75, 3.05) is 6.54 Å². The molecule has 132 valence electrons. The molecule has 2 aliphatic rings. The summed E-state index contributed by atoms with van der Waals surface area (Å²) < 4.78 is 2.12. The summed E-state index contributed by atoms with van der Waals surface area (Å²) in [5, 5.41) is 8.64. The van der Waals surface area contributed by atoms with Gasteiger partial charge in [0, 0.05) is 37.5 Å². The zero-order chi connectivity index (χ0) is 17.1. The average molecular weight is 339 g/mol. The van der Waals surface area contributed by atoms with E-state index in [4.69, 9.17) is 0 Å². The van der Waals surface area contributed by atoms with Crippen LogP contribution in [-0.4, -0.2) is 37.1 Å². The van der Waals surface area contributed by atoms with Crippen LogP contribution in [0.15, 0.2) is 24.5 Å². The Bertz CT molecular complexity index is 719. The quantitative estimate of drug-likeness (QED) is 0.806. The van der Waals surface area contributed by atoms with Gasteiger partial charge < -0.3 is 9.47 Å². The van der Waals surface area contributed by atoms with Gasteiger partial charge in [-0.25, -0.2) is 0 Å². The average Bonchev–Trinajstić information content (AvgIpc) is 2.91. The summed E-state index contributed by atoms with van der Waals surface area (Å²) >= 11 is 0. The number of aromatic nitrogens is 4. The molecule has 0 unspecified atom stereocenters. The number of carbonyl (C=O) groups excluding carboxylic acids is 1. The molecule has 2 aromatic heterocycles. The molecule has 6 heteroatoms. The summed E-state index contributed by atoms with van der Waals surface area (Å²) in [7, 11) is 0. The molecule has 0 aromatic carbocycles. The van der Waals surface area contributed by atoms with E-state index in [1.807, 2.05) is 17.0 Å². The fourth-order valence-electron chi connectivity index (χ4n) is 4.02. The van der Waals surface area contributed by atoms with Gasteiger partial charge in [-0.2, -0.15) is 0 Å². The Balaban J connectivity index is 1.43. The van der Waals surface area contributed by atoms with Crippen LogP contribution >= 0.6 is 0 Å². The van der Waals surface area contributed by atoms with Crippen LogP contribution < -0.4 is 0 Å². The van der Waals surface area contributed by atoms with Crippen LogP contribution in [0.4, 0.5) is 0 Å². The van der Waals surface area contributed by atoms with Crippen LogP contribution in [-0.2, 0) is 17.9 Å². The molecule has 0 N–H and O–H groups in total. The van der Waals surface area contributed by atoms with E-state index in [1.165, 1.54) is 38.5 Å². The molecular formula is C19H25N5O. The fraction of sp³-hybridized carbons (Fsp3) is 0.579. The van der Waals surface area contributed by atoms with Crippen molar-refractivity contribution in [3.63, 3.8) is 0 Å². The Morgan fingerprint density at radius 1 is 1.12 bits per heavy atom. The first-order valence-corrected chi connectivity index (χ1v) is 9.41. The van der Waals surface area contributed by atoms with Gasteiger partial charge in [0.15, 0.2) is 11.6 Å². The van der Waals surface area contributed by atoms with E-state index in [1.54, 1.807) is 12.4 Å². The summed E-state index contributed by atoms with van der Waals surface area (Å²) in [6, 6.07) is 3.90. The van der Waals surface area contributed by atoms with E-state index in [-0.39, 0.29) is 5.91 Å². The number of hydrogen-bond acceptors (Lipinski definition) is 4. The second-order valence-corrected chi connectivity index (χ2v) is 7.21. The van der Waals surface area contributed by atoms with E-state index in [0.717, 1.165) is 30.3 Å². The maximum atomic E-state index is 12.7. The van der Waals surface area contributed by atoms with Crippen LogP contribution in [0.2, 0.25) is 0 Å². The van der Waals surface area contributed by atoms with E-state index >= 15 is 0 Å². The van der Waals surface area contributed by atoms with E-state index in [9.17, 15) is 4.79 Å². The van der Waals surface area contributed by atoms with E-state index in [2.05, 4.69) is 19.7 Å². The lowest BCUT2D eigenvalue weighted by atomic mass is 9.96. The third kappa shape index (κ3) is 3.57. The molecule has 3 heterocycles. The topological polar surface area (TPSA) is 63.9 Å². The van der Waals surface area contributed by atoms with Crippen molar-refractivity contribution in [1.29, 1.82) is 0 Å².